The number of aliphatic hydroxyl groups excluding tert-OH is 1. The Morgan fingerprint density at radius 2 is 0.662 bits per heavy atom. The standard InChI is InChI=1S/C60H100O5/c1-3-5-7-9-11-13-15-17-19-21-23-24-25-26-27-28-29-30-31-32-33-34-35-36-37-39-41-43-45-47-49-51-53-55-60(63)65-58(56-61)57-64-59(62)54-52-50-48-46-44-42-40-38-22-20-18-16-14-12-10-8-6-4-2/h5,7,11,13,17,19-20,22-24,26-27,29-30,32-33,35-36,58,61H,3-4,6,8-10,12,14-16,18,21,25,28,31,34,37-57H2,1-2H3/b7-5-,13-11-,19-17-,22-20-,24-23-,27-26-,30-29-,33-32-,36-35-. The first kappa shape index (κ1) is 61.6. The molecule has 1 atom stereocenters. The van der Waals surface area contributed by atoms with Crippen LogP contribution in [0.4, 0.5) is 0 Å². The minimum absolute atomic E-state index is 0.0763. The molecule has 5 nitrogen and oxygen atoms in total. The van der Waals surface area contributed by atoms with E-state index < -0.39 is 6.10 Å². The fourth-order valence-electron chi connectivity index (χ4n) is 7.27. The number of rotatable bonds is 48. The molecule has 0 heterocycles. The number of hydrogen-bond acceptors (Lipinski definition) is 5. The molecule has 0 aliphatic heterocycles. The summed E-state index contributed by atoms with van der Waals surface area (Å²) in [5.74, 6) is -0.608. The molecule has 0 fully saturated rings. The maximum atomic E-state index is 12.3. The van der Waals surface area contributed by atoms with Crippen LogP contribution in [0.25, 0.3) is 0 Å². The molecule has 0 rings (SSSR count). The van der Waals surface area contributed by atoms with Gasteiger partial charge in [-0.2, -0.15) is 0 Å². The van der Waals surface area contributed by atoms with E-state index >= 15 is 0 Å². The molecule has 0 saturated carbocycles. The van der Waals surface area contributed by atoms with E-state index in [4.69, 9.17) is 9.47 Å². The summed E-state index contributed by atoms with van der Waals surface area (Å²) < 4.78 is 10.7. The van der Waals surface area contributed by atoms with Crippen molar-refractivity contribution in [1.82, 2.24) is 0 Å². The number of ether oxygens (including phenoxy) is 2. The van der Waals surface area contributed by atoms with Gasteiger partial charge in [-0.15, -0.1) is 0 Å². The zero-order valence-electron chi connectivity index (χ0n) is 42.2. The number of unbranched alkanes of at least 4 members (excludes halogenated alkanes) is 22. The lowest BCUT2D eigenvalue weighted by atomic mass is 10.1. The van der Waals surface area contributed by atoms with Crippen LogP contribution in [0, 0.1) is 0 Å². The first-order chi connectivity index (χ1) is 32.1. The molecule has 0 aromatic carbocycles. The summed E-state index contributed by atoms with van der Waals surface area (Å²) in [6.07, 6.45) is 79.0. The average Bonchev–Trinajstić information content (AvgIpc) is 3.31. The molecule has 1 unspecified atom stereocenters. The minimum atomic E-state index is -0.785. The monoisotopic (exact) mass is 901 g/mol. The molecule has 0 amide bonds. The molecule has 1 N–H and O–H groups in total. The molecule has 0 aromatic heterocycles. The fourth-order valence-corrected chi connectivity index (χ4v) is 7.27. The Bertz CT molecular complexity index is 1290. The Morgan fingerprint density at radius 1 is 0.369 bits per heavy atom. The van der Waals surface area contributed by atoms with E-state index in [9.17, 15) is 14.7 Å². The second-order valence-corrected chi connectivity index (χ2v) is 17.6. The highest BCUT2D eigenvalue weighted by Crippen LogP contribution is 2.14. The smallest absolute Gasteiger partial charge is 0.306 e. The highest BCUT2D eigenvalue weighted by molar-refractivity contribution is 5.70. The third-order valence-electron chi connectivity index (χ3n) is 11.3. The van der Waals surface area contributed by atoms with Gasteiger partial charge in [-0.3, -0.25) is 9.59 Å². The summed E-state index contributed by atoms with van der Waals surface area (Å²) in [5, 5.41) is 9.63. The summed E-state index contributed by atoms with van der Waals surface area (Å²) in [7, 11) is 0. The lowest BCUT2D eigenvalue weighted by molar-refractivity contribution is -0.161. The number of esters is 2. The van der Waals surface area contributed by atoms with Crippen LogP contribution in [0.15, 0.2) is 109 Å². The van der Waals surface area contributed by atoms with E-state index in [1.807, 2.05) is 0 Å². The van der Waals surface area contributed by atoms with E-state index in [1.54, 1.807) is 0 Å². The number of carbonyl (C=O) groups excluding carboxylic acids is 2. The van der Waals surface area contributed by atoms with Crippen molar-refractivity contribution in [2.45, 2.75) is 245 Å². The van der Waals surface area contributed by atoms with Crippen LogP contribution in [0.5, 0.6) is 0 Å². The van der Waals surface area contributed by atoms with Gasteiger partial charge in [-0.05, 0) is 103 Å². The number of hydrogen-bond donors (Lipinski definition) is 1. The molecule has 0 radical (unpaired) electrons. The SMILES string of the molecule is CC/C=C\C/C=C\C/C=C\C/C=C\C/C=C\C/C=C\C/C=C\C/C=C\CCCCCCCCCCC(=O)OC(CO)COC(=O)CCCCCCCCC/C=C\CCCCCCCCC. The molecule has 0 aromatic rings. The van der Waals surface area contributed by atoms with Crippen LogP contribution in [0.3, 0.4) is 0 Å². The number of aliphatic hydroxyl groups is 1. The third-order valence-corrected chi connectivity index (χ3v) is 11.3. The van der Waals surface area contributed by atoms with E-state index in [-0.39, 0.29) is 25.2 Å². The quantitative estimate of drug-likeness (QED) is 0.0374. The van der Waals surface area contributed by atoms with Crippen molar-refractivity contribution in [3.05, 3.63) is 109 Å². The zero-order chi connectivity index (χ0) is 47.0. The van der Waals surface area contributed by atoms with Crippen LogP contribution < -0.4 is 0 Å². The van der Waals surface area contributed by atoms with Gasteiger partial charge in [0.05, 0.1) is 6.61 Å². The van der Waals surface area contributed by atoms with Gasteiger partial charge in [0.2, 0.25) is 0 Å². The summed E-state index contributed by atoms with van der Waals surface area (Å²) in [4.78, 5) is 24.5. The molecule has 0 aliphatic rings. The molecule has 65 heavy (non-hydrogen) atoms. The maximum Gasteiger partial charge on any atom is 0.306 e. The molecule has 370 valence electrons. The summed E-state index contributed by atoms with van der Waals surface area (Å²) in [6, 6.07) is 0. The van der Waals surface area contributed by atoms with Crippen molar-refractivity contribution >= 4 is 11.9 Å². The molecule has 5 heteroatoms. The lowest BCUT2D eigenvalue weighted by Crippen LogP contribution is -2.28. The van der Waals surface area contributed by atoms with Crippen molar-refractivity contribution in [1.29, 1.82) is 0 Å². The van der Waals surface area contributed by atoms with Gasteiger partial charge in [-0.1, -0.05) is 232 Å². The van der Waals surface area contributed by atoms with Crippen molar-refractivity contribution < 1.29 is 24.2 Å². The summed E-state index contributed by atoms with van der Waals surface area (Å²) in [6.45, 7) is 4.02. The Morgan fingerprint density at radius 3 is 1.02 bits per heavy atom. The highest BCUT2D eigenvalue weighted by Gasteiger charge is 2.16. The molecular weight excluding hydrogens is 801 g/mol. The first-order valence-electron chi connectivity index (χ1n) is 26.9. The highest BCUT2D eigenvalue weighted by atomic mass is 16.6. The van der Waals surface area contributed by atoms with Crippen LogP contribution >= 0.6 is 0 Å². The second-order valence-electron chi connectivity index (χ2n) is 17.6. The molecule has 0 aliphatic carbocycles. The Kier molecular flexibility index (Phi) is 52.0. The van der Waals surface area contributed by atoms with Crippen LogP contribution in [0.1, 0.15) is 239 Å². The first-order valence-corrected chi connectivity index (χ1v) is 26.9. The van der Waals surface area contributed by atoms with Crippen LogP contribution in [-0.2, 0) is 19.1 Å². The average molecular weight is 901 g/mol. The maximum absolute atomic E-state index is 12.3. The fraction of sp³-hybridized carbons (Fsp3) is 0.667. The minimum Gasteiger partial charge on any atom is -0.462 e. The largest absolute Gasteiger partial charge is 0.462 e. The summed E-state index contributed by atoms with van der Waals surface area (Å²) >= 11 is 0. The van der Waals surface area contributed by atoms with Gasteiger partial charge in [0.25, 0.3) is 0 Å². The van der Waals surface area contributed by atoms with Crippen molar-refractivity contribution in [3.63, 3.8) is 0 Å². The topological polar surface area (TPSA) is 72.8 Å². The van der Waals surface area contributed by atoms with Gasteiger partial charge in [0, 0.05) is 12.8 Å². The van der Waals surface area contributed by atoms with E-state index in [1.165, 1.54) is 116 Å². The molecular formula is C60H100O5. The van der Waals surface area contributed by atoms with Crippen molar-refractivity contribution in [2.24, 2.45) is 0 Å². The summed E-state index contributed by atoms with van der Waals surface area (Å²) in [5.41, 5.74) is 0. The van der Waals surface area contributed by atoms with E-state index in [0.717, 1.165) is 96.3 Å². The predicted molar refractivity (Wildman–Crippen MR) is 283 cm³/mol. The molecule has 0 bridgehead atoms. The van der Waals surface area contributed by atoms with Gasteiger partial charge in [-0.25, -0.2) is 0 Å². The van der Waals surface area contributed by atoms with Crippen LogP contribution in [0.2, 0.25) is 0 Å². The van der Waals surface area contributed by atoms with Gasteiger partial charge >= 0.3 is 11.9 Å². The zero-order valence-corrected chi connectivity index (χ0v) is 42.2. The second kappa shape index (κ2) is 54.9. The molecule has 0 saturated heterocycles. The van der Waals surface area contributed by atoms with Crippen LogP contribution in [-0.4, -0.2) is 36.4 Å². The predicted octanol–water partition coefficient (Wildman–Crippen LogP) is 18.1. The Balaban J connectivity index is 3.59. The lowest BCUT2D eigenvalue weighted by Gasteiger charge is -2.15. The third kappa shape index (κ3) is 53.1. The van der Waals surface area contributed by atoms with Crippen molar-refractivity contribution in [3.8, 4) is 0 Å². The number of allylic oxidation sites excluding steroid dienone is 18. The Hall–Kier alpha value is -3.44. The van der Waals surface area contributed by atoms with Crippen molar-refractivity contribution in [2.75, 3.05) is 13.2 Å². The van der Waals surface area contributed by atoms with E-state index in [0.29, 0.717) is 12.8 Å². The van der Waals surface area contributed by atoms with E-state index in [2.05, 4.69) is 123 Å². The normalized spacial score (nSPS) is 13.1. The number of carbonyl (C=O) groups is 2. The Labute approximate surface area is 401 Å². The van der Waals surface area contributed by atoms with Gasteiger partial charge in [0.1, 0.15) is 6.61 Å². The molecule has 0 spiro atoms. The van der Waals surface area contributed by atoms with Gasteiger partial charge in [0.15, 0.2) is 6.10 Å². The van der Waals surface area contributed by atoms with Gasteiger partial charge < -0.3 is 14.6 Å².